The number of hydrogen-bond donors (Lipinski definition) is 1. The molecule has 2 aromatic rings. The van der Waals surface area contributed by atoms with Crippen molar-refractivity contribution in [3.63, 3.8) is 0 Å². The summed E-state index contributed by atoms with van der Waals surface area (Å²) in [6.45, 7) is 1.81. The van der Waals surface area contributed by atoms with Crippen LogP contribution in [0.2, 0.25) is 0 Å². The van der Waals surface area contributed by atoms with E-state index in [4.69, 9.17) is 4.42 Å². The second-order valence-electron chi connectivity index (χ2n) is 6.37. The number of aromatic nitrogens is 1. The van der Waals surface area contributed by atoms with Crippen molar-refractivity contribution in [3.05, 3.63) is 41.8 Å². The highest BCUT2D eigenvalue weighted by atomic mass is 16.4. The zero-order valence-electron chi connectivity index (χ0n) is 13.8. The Bertz CT molecular complexity index is 753. The van der Waals surface area contributed by atoms with Gasteiger partial charge < -0.3 is 9.73 Å². The van der Waals surface area contributed by atoms with Crippen molar-refractivity contribution < 1.29 is 9.21 Å². The quantitative estimate of drug-likeness (QED) is 0.933. The van der Waals surface area contributed by atoms with E-state index >= 15 is 0 Å². The third-order valence-electron chi connectivity index (χ3n) is 4.54. The molecule has 1 aliphatic rings. The number of hydrogen-bond acceptors (Lipinski definition) is 4. The molecule has 0 radical (unpaired) electrons. The predicted octanol–water partition coefficient (Wildman–Crippen LogP) is 3.54. The molecule has 1 aromatic carbocycles. The van der Waals surface area contributed by atoms with Crippen LogP contribution in [0.15, 0.2) is 34.7 Å². The fourth-order valence-electron chi connectivity index (χ4n) is 3.18. The molecule has 0 atom stereocenters. The maximum Gasteiger partial charge on any atom is 0.227 e. The summed E-state index contributed by atoms with van der Waals surface area (Å²) in [6, 6.07) is 11.9. The van der Waals surface area contributed by atoms with Gasteiger partial charge in [0.2, 0.25) is 11.8 Å². The number of rotatable bonds is 4. The van der Waals surface area contributed by atoms with Crippen LogP contribution >= 0.6 is 0 Å². The van der Waals surface area contributed by atoms with Gasteiger partial charge in [0.05, 0.1) is 18.2 Å². The average Bonchev–Trinajstić information content (AvgIpc) is 2.97. The highest BCUT2D eigenvalue weighted by Crippen LogP contribution is 2.28. The second kappa shape index (κ2) is 6.88. The molecule has 5 heteroatoms. The number of amides is 1. The van der Waals surface area contributed by atoms with E-state index in [0.29, 0.717) is 17.3 Å². The fraction of sp³-hybridized carbons (Fsp3) is 0.421. The lowest BCUT2D eigenvalue weighted by atomic mass is 9.83. The Morgan fingerprint density at radius 2 is 2.00 bits per heavy atom. The Kier molecular flexibility index (Phi) is 4.66. The molecule has 1 aliphatic carbocycles. The Labute approximate surface area is 141 Å². The van der Waals surface area contributed by atoms with Gasteiger partial charge in [-0.15, -0.1) is 0 Å². The second-order valence-corrected chi connectivity index (χ2v) is 6.37. The standard InChI is InChI=1S/C19H21N3O2/c1-14-16(21-18(24-14)15-8-4-2-5-9-15)12-17(23)22-19(13-20)10-6-3-7-11-19/h2,4-5,8-9H,3,6-7,10-12H2,1H3,(H,22,23). The van der Waals surface area contributed by atoms with E-state index in [0.717, 1.165) is 37.7 Å². The zero-order valence-corrected chi connectivity index (χ0v) is 13.8. The number of oxazole rings is 1. The Hall–Kier alpha value is -2.61. The van der Waals surface area contributed by atoms with Crippen LogP contribution in [0.4, 0.5) is 0 Å². The molecular formula is C19H21N3O2. The predicted molar refractivity (Wildman–Crippen MR) is 90.0 cm³/mol. The first-order valence-electron chi connectivity index (χ1n) is 8.36. The molecular weight excluding hydrogens is 302 g/mol. The number of nitrogens with one attached hydrogen (secondary N) is 1. The first-order chi connectivity index (χ1) is 11.6. The van der Waals surface area contributed by atoms with Crippen LogP contribution in [0.1, 0.15) is 43.6 Å². The van der Waals surface area contributed by atoms with Gasteiger partial charge in [-0.3, -0.25) is 4.79 Å². The van der Waals surface area contributed by atoms with E-state index in [-0.39, 0.29) is 12.3 Å². The fourth-order valence-corrected chi connectivity index (χ4v) is 3.18. The van der Waals surface area contributed by atoms with Gasteiger partial charge in [0.25, 0.3) is 0 Å². The topological polar surface area (TPSA) is 78.9 Å². The van der Waals surface area contributed by atoms with Gasteiger partial charge in [-0.2, -0.15) is 5.26 Å². The molecule has 124 valence electrons. The normalized spacial score (nSPS) is 16.3. The van der Waals surface area contributed by atoms with E-state index in [1.54, 1.807) is 0 Å². The van der Waals surface area contributed by atoms with Crippen LogP contribution in [-0.2, 0) is 11.2 Å². The van der Waals surface area contributed by atoms with Gasteiger partial charge in [-0.25, -0.2) is 4.98 Å². The molecule has 5 nitrogen and oxygen atoms in total. The van der Waals surface area contributed by atoms with Gasteiger partial charge in [-0.1, -0.05) is 37.5 Å². The van der Waals surface area contributed by atoms with Crippen molar-refractivity contribution in [2.75, 3.05) is 0 Å². The number of nitrogens with zero attached hydrogens (tertiary/aromatic N) is 2. The minimum atomic E-state index is -0.713. The van der Waals surface area contributed by atoms with Crippen molar-refractivity contribution in [3.8, 4) is 17.5 Å². The minimum absolute atomic E-state index is 0.131. The summed E-state index contributed by atoms with van der Waals surface area (Å²) in [6.07, 6.45) is 4.67. The first kappa shape index (κ1) is 16.3. The molecule has 3 rings (SSSR count). The molecule has 0 saturated heterocycles. The number of benzene rings is 1. The Morgan fingerprint density at radius 1 is 1.29 bits per heavy atom. The number of carbonyl (C=O) groups excluding carboxylic acids is 1. The third kappa shape index (κ3) is 3.48. The SMILES string of the molecule is Cc1oc(-c2ccccc2)nc1CC(=O)NC1(C#N)CCCCC1. The third-order valence-corrected chi connectivity index (χ3v) is 4.54. The van der Waals surface area contributed by atoms with Gasteiger partial charge in [-0.05, 0) is 31.9 Å². The molecule has 1 aromatic heterocycles. The number of aryl methyl sites for hydroxylation is 1. The van der Waals surface area contributed by atoms with E-state index < -0.39 is 5.54 Å². The van der Waals surface area contributed by atoms with Gasteiger partial charge in [0.15, 0.2) is 0 Å². The molecule has 1 fully saturated rings. The van der Waals surface area contributed by atoms with Crippen molar-refractivity contribution in [2.45, 2.75) is 51.0 Å². The summed E-state index contributed by atoms with van der Waals surface area (Å²) >= 11 is 0. The molecule has 0 spiro atoms. The molecule has 1 N–H and O–H groups in total. The molecule has 0 unspecified atom stereocenters. The maximum absolute atomic E-state index is 12.4. The lowest BCUT2D eigenvalue weighted by Crippen LogP contribution is -2.49. The molecule has 24 heavy (non-hydrogen) atoms. The van der Waals surface area contributed by atoms with Crippen LogP contribution < -0.4 is 5.32 Å². The number of nitriles is 1. The summed E-state index contributed by atoms with van der Waals surface area (Å²) in [4.78, 5) is 16.9. The lowest BCUT2D eigenvalue weighted by Gasteiger charge is -2.31. The lowest BCUT2D eigenvalue weighted by molar-refractivity contribution is -0.122. The largest absolute Gasteiger partial charge is 0.441 e. The highest BCUT2D eigenvalue weighted by Gasteiger charge is 2.33. The summed E-state index contributed by atoms with van der Waals surface area (Å²) in [7, 11) is 0. The highest BCUT2D eigenvalue weighted by molar-refractivity contribution is 5.79. The van der Waals surface area contributed by atoms with Crippen molar-refractivity contribution in [1.29, 1.82) is 5.26 Å². The van der Waals surface area contributed by atoms with Crippen molar-refractivity contribution >= 4 is 5.91 Å². The van der Waals surface area contributed by atoms with Crippen LogP contribution in [0, 0.1) is 18.3 Å². The molecule has 1 amide bonds. The molecule has 1 heterocycles. The smallest absolute Gasteiger partial charge is 0.227 e. The summed E-state index contributed by atoms with van der Waals surface area (Å²) < 4.78 is 5.69. The van der Waals surface area contributed by atoms with Gasteiger partial charge >= 0.3 is 0 Å². The van der Waals surface area contributed by atoms with Crippen LogP contribution in [0.25, 0.3) is 11.5 Å². The van der Waals surface area contributed by atoms with Crippen molar-refractivity contribution in [2.24, 2.45) is 0 Å². The minimum Gasteiger partial charge on any atom is -0.441 e. The summed E-state index contributed by atoms with van der Waals surface area (Å²) in [5, 5.41) is 12.4. The van der Waals surface area contributed by atoms with Crippen LogP contribution in [-0.4, -0.2) is 16.4 Å². The van der Waals surface area contributed by atoms with Crippen LogP contribution in [0.3, 0.4) is 0 Å². The van der Waals surface area contributed by atoms with E-state index in [1.807, 2.05) is 37.3 Å². The van der Waals surface area contributed by atoms with Gasteiger partial charge in [0.1, 0.15) is 11.3 Å². The van der Waals surface area contributed by atoms with E-state index in [1.165, 1.54) is 0 Å². The molecule has 1 saturated carbocycles. The molecule has 0 aliphatic heterocycles. The zero-order chi connectivity index (χ0) is 17.0. The monoisotopic (exact) mass is 323 g/mol. The van der Waals surface area contributed by atoms with Gasteiger partial charge in [0, 0.05) is 5.56 Å². The Balaban J connectivity index is 1.71. The van der Waals surface area contributed by atoms with E-state index in [9.17, 15) is 10.1 Å². The maximum atomic E-state index is 12.4. The first-order valence-corrected chi connectivity index (χ1v) is 8.36. The van der Waals surface area contributed by atoms with E-state index in [2.05, 4.69) is 16.4 Å². The summed E-state index contributed by atoms with van der Waals surface area (Å²) in [5.74, 6) is 0.983. The van der Waals surface area contributed by atoms with Crippen LogP contribution in [0.5, 0.6) is 0 Å². The Morgan fingerprint density at radius 3 is 2.67 bits per heavy atom. The average molecular weight is 323 g/mol. The number of carbonyl (C=O) groups is 1. The van der Waals surface area contributed by atoms with Crippen molar-refractivity contribution in [1.82, 2.24) is 10.3 Å². The summed E-state index contributed by atoms with van der Waals surface area (Å²) in [5.41, 5.74) is 0.790. The molecule has 0 bridgehead atoms.